The minimum absolute atomic E-state index is 0.0630. The summed E-state index contributed by atoms with van der Waals surface area (Å²) < 4.78 is 32.9. The molecular formula is C21H21N3O4S. The number of hydrogen-bond donors (Lipinski definition) is 3. The zero-order chi connectivity index (χ0) is 20.9. The maximum absolute atomic E-state index is 12.6. The van der Waals surface area contributed by atoms with Crippen molar-refractivity contribution in [2.75, 3.05) is 22.5 Å². The van der Waals surface area contributed by atoms with Crippen LogP contribution in [0, 0.1) is 6.92 Å². The Bertz CT molecular complexity index is 1110. The number of carbonyl (C=O) groups is 1. The van der Waals surface area contributed by atoms with Gasteiger partial charge in [0.2, 0.25) is 0 Å². The van der Waals surface area contributed by atoms with Crippen molar-refractivity contribution in [2.45, 2.75) is 11.8 Å². The van der Waals surface area contributed by atoms with E-state index in [9.17, 15) is 13.2 Å². The molecule has 0 bridgehead atoms. The number of amides is 2. The molecular weight excluding hydrogens is 390 g/mol. The highest BCUT2D eigenvalue weighted by atomic mass is 32.2. The van der Waals surface area contributed by atoms with Gasteiger partial charge in [0.25, 0.3) is 10.0 Å². The molecule has 3 aromatic carbocycles. The summed E-state index contributed by atoms with van der Waals surface area (Å²) in [5.74, 6) is 0.419. The Kier molecular flexibility index (Phi) is 6.04. The van der Waals surface area contributed by atoms with Crippen molar-refractivity contribution in [1.29, 1.82) is 0 Å². The Labute approximate surface area is 169 Å². The Hall–Kier alpha value is -3.52. The Morgan fingerprint density at radius 3 is 2.24 bits per heavy atom. The third kappa shape index (κ3) is 5.26. The standard InChI is InChI=1S/C21H21N3O4S/c1-15-6-5-7-17(14-15)23-21(25)22-16-10-12-18(13-11-16)29(26,27)24-19-8-3-4-9-20(19)28-2/h3-14,24H,1-2H3,(H2,22,23,25). The number of carbonyl (C=O) groups excluding carboxylic acids is 1. The molecule has 150 valence electrons. The Morgan fingerprint density at radius 1 is 0.862 bits per heavy atom. The lowest BCUT2D eigenvalue weighted by Gasteiger charge is -2.12. The van der Waals surface area contributed by atoms with Crippen LogP contribution in [0.15, 0.2) is 77.7 Å². The maximum Gasteiger partial charge on any atom is 0.323 e. The minimum atomic E-state index is -3.80. The summed E-state index contributed by atoms with van der Waals surface area (Å²) in [5, 5.41) is 5.40. The van der Waals surface area contributed by atoms with Crippen molar-refractivity contribution >= 4 is 33.1 Å². The number of urea groups is 1. The van der Waals surface area contributed by atoms with Gasteiger partial charge in [-0.05, 0) is 61.0 Å². The number of methoxy groups -OCH3 is 1. The van der Waals surface area contributed by atoms with E-state index in [0.717, 1.165) is 5.56 Å². The van der Waals surface area contributed by atoms with E-state index in [-0.39, 0.29) is 4.90 Å². The molecule has 0 heterocycles. The first kappa shape index (κ1) is 20.2. The largest absolute Gasteiger partial charge is 0.495 e. The van der Waals surface area contributed by atoms with E-state index in [4.69, 9.17) is 4.74 Å². The van der Waals surface area contributed by atoms with E-state index in [1.807, 2.05) is 25.1 Å². The maximum atomic E-state index is 12.6. The van der Waals surface area contributed by atoms with Crippen LogP contribution in [0.2, 0.25) is 0 Å². The molecule has 0 unspecified atom stereocenters. The molecule has 0 spiro atoms. The van der Waals surface area contributed by atoms with Gasteiger partial charge in [-0.2, -0.15) is 0 Å². The van der Waals surface area contributed by atoms with Gasteiger partial charge in [-0.15, -0.1) is 0 Å². The SMILES string of the molecule is COc1ccccc1NS(=O)(=O)c1ccc(NC(=O)Nc2cccc(C)c2)cc1. The zero-order valence-corrected chi connectivity index (χ0v) is 16.8. The molecule has 3 rings (SSSR count). The van der Waals surface area contributed by atoms with Gasteiger partial charge in [0.05, 0.1) is 17.7 Å². The summed E-state index contributed by atoms with van der Waals surface area (Å²) in [5.41, 5.74) is 2.50. The summed E-state index contributed by atoms with van der Waals surface area (Å²) in [6.07, 6.45) is 0. The molecule has 29 heavy (non-hydrogen) atoms. The fourth-order valence-electron chi connectivity index (χ4n) is 2.67. The van der Waals surface area contributed by atoms with E-state index in [1.165, 1.54) is 31.4 Å². The predicted molar refractivity (Wildman–Crippen MR) is 114 cm³/mol. The van der Waals surface area contributed by atoms with Crippen LogP contribution in [-0.4, -0.2) is 21.6 Å². The number of para-hydroxylation sites is 2. The molecule has 0 aliphatic heterocycles. The summed E-state index contributed by atoms with van der Waals surface area (Å²) in [4.78, 5) is 12.2. The summed E-state index contributed by atoms with van der Waals surface area (Å²) in [6.45, 7) is 1.93. The number of hydrogen-bond acceptors (Lipinski definition) is 4. The van der Waals surface area contributed by atoms with Crippen molar-refractivity contribution < 1.29 is 17.9 Å². The van der Waals surface area contributed by atoms with E-state index in [2.05, 4.69) is 15.4 Å². The van der Waals surface area contributed by atoms with Crippen molar-refractivity contribution in [3.05, 3.63) is 78.4 Å². The van der Waals surface area contributed by atoms with E-state index < -0.39 is 16.1 Å². The van der Waals surface area contributed by atoms with Crippen LogP contribution in [0.25, 0.3) is 0 Å². The van der Waals surface area contributed by atoms with Crippen molar-refractivity contribution in [3.63, 3.8) is 0 Å². The molecule has 3 N–H and O–H groups in total. The second-order valence-electron chi connectivity index (χ2n) is 6.28. The number of aryl methyl sites for hydroxylation is 1. The molecule has 0 atom stereocenters. The second kappa shape index (κ2) is 8.66. The molecule has 0 aliphatic rings. The number of benzene rings is 3. The van der Waals surface area contributed by atoms with Gasteiger partial charge in [-0.3, -0.25) is 4.72 Å². The van der Waals surface area contributed by atoms with Crippen molar-refractivity contribution in [3.8, 4) is 5.75 Å². The van der Waals surface area contributed by atoms with Gasteiger partial charge in [0, 0.05) is 11.4 Å². The second-order valence-corrected chi connectivity index (χ2v) is 7.96. The number of nitrogens with one attached hydrogen (secondary N) is 3. The minimum Gasteiger partial charge on any atom is -0.495 e. The lowest BCUT2D eigenvalue weighted by Crippen LogP contribution is -2.19. The van der Waals surface area contributed by atoms with Crippen LogP contribution < -0.4 is 20.1 Å². The fourth-order valence-corrected chi connectivity index (χ4v) is 3.74. The molecule has 0 radical (unpaired) electrons. The van der Waals surface area contributed by atoms with E-state index in [0.29, 0.717) is 22.8 Å². The number of sulfonamides is 1. The van der Waals surface area contributed by atoms with Gasteiger partial charge in [-0.25, -0.2) is 13.2 Å². The number of anilines is 3. The Morgan fingerprint density at radius 2 is 1.55 bits per heavy atom. The summed E-state index contributed by atoms with van der Waals surface area (Å²) in [7, 11) is -2.34. The highest BCUT2D eigenvalue weighted by Crippen LogP contribution is 2.26. The normalized spacial score (nSPS) is 10.8. The zero-order valence-electron chi connectivity index (χ0n) is 16.0. The highest BCUT2D eigenvalue weighted by molar-refractivity contribution is 7.92. The first-order valence-corrected chi connectivity index (χ1v) is 10.3. The molecule has 0 aliphatic carbocycles. The van der Waals surface area contributed by atoms with Gasteiger partial charge in [0.15, 0.2) is 0 Å². The molecule has 2 amide bonds. The first-order valence-electron chi connectivity index (χ1n) is 8.78. The molecule has 3 aromatic rings. The van der Waals surface area contributed by atoms with E-state index in [1.54, 1.807) is 30.3 Å². The van der Waals surface area contributed by atoms with Crippen LogP contribution in [0.4, 0.5) is 21.9 Å². The van der Waals surface area contributed by atoms with Crippen LogP contribution in [0.5, 0.6) is 5.75 Å². The average molecular weight is 411 g/mol. The number of ether oxygens (including phenoxy) is 1. The molecule has 0 saturated heterocycles. The highest BCUT2D eigenvalue weighted by Gasteiger charge is 2.16. The lowest BCUT2D eigenvalue weighted by atomic mass is 10.2. The van der Waals surface area contributed by atoms with Crippen molar-refractivity contribution in [2.24, 2.45) is 0 Å². The van der Waals surface area contributed by atoms with Gasteiger partial charge in [-0.1, -0.05) is 24.3 Å². The molecule has 0 fully saturated rings. The van der Waals surface area contributed by atoms with Crippen LogP contribution in [0.3, 0.4) is 0 Å². The van der Waals surface area contributed by atoms with Gasteiger partial charge >= 0.3 is 6.03 Å². The summed E-state index contributed by atoms with van der Waals surface area (Å²) >= 11 is 0. The number of rotatable bonds is 6. The average Bonchev–Trinajstić information content (AvgIpc) is 2.68. The van der Waals surface area contributed by atoms with Crippen LogP contribution in [-0.2, 0) is 10.0 Å². The fraction of sp³-hybridized carbons (Fsp3) is 0.0952. The quantitative estimate of drug-likeness (QED) is 0.558. The molecule has 7 nitrogen and oxygen atoms in total. The first-order chi connectivity index (χ1) is 13.9. The molecule has 0 saturated carbocycles. The Balaban J connectivity index is 1.68. The summed E-state index contributed by atoms with van der Waals surface area (Å²) in [6, 6.07) is 19.6. The van der Waals surface area contributed by atoms with Gasteiger partial charge < -0.3 is 15.4 Å². The smallest absolute Gasteiger partial charge is 0.323 e. The van der Waals surface area contributed by atoms with Crippen LogP contribution >= 0.6 is 0 Å². The van der Waals surface area contributed by atoms with Crippen LogP contribution in [0.1, 0.15) is 5.56 Å². The third-order valence-electron chi connectivity index (χ3n) is 4.05. The molecule has 0 aromatic heterocycles. The lowest BCUT2D eigenvalue weighted by molar-refractivity contribution is 0.262. The topological polar surface area (TPSA) is 96.5 Å². The van der Waals surface area contributed by atoms with E-state index >= 15 is 0 Å². The molecule has 8 heteroatoms. The van der Waals surface area contributed by atoms with Crippen molar-refractivity contribution in [1.82, 2.24) is 0 Å². The monoisotopic (exact) mass is 411 g/mol. The predicted octanol–water partition coefficient (Wildman–Crippen LogP) is 4.45. The van der Waals surface area contributed by atoms with Gasteiger partial charge in [0.1, 0.15) is 5.75 Å². The third-order valence-corrected chi connectivity index (χ3v) is 5.43.